The molecule has 1 aliphatic carbocycles. The summed E-state index contributed by atoms with van der Waals surface area (Å²) in [5.41, 5.74) is 5.63. The van der Waals surface area contributed by atoms with Gasteiger partial charge in [-0.3, -0.25) is 4.68 Å². The van der Waals surface area contributed by atoms with Gasteiger partial charge in [0.05, 0.1) is 5.52 Å². The molecule has 96 valence electrons. The van der Waals surface area contributed by atoms with Gasteiger partial charge in [-0.25, -0.2) is 0 Å². The van der Waals surface area contributed by atoms with Gasteiger partial charge in [0, 0.05) is 18.0 Å². The molecule has 3 nitrogen and oxygen atoms in total. The standard InChI is InChI=1S/C12H12F3N3/c1-18-8-4-2-3-7(11(16)5-6-11)9(8)10(17-18)12(13,14)15/h2-4H,5-6,16H2,1H3. The fourth-order valence-corrected chi connectivity index (χ4v) is 2.33. The van der Waals surface area contributed by atoms with Crippen LogP contribution in [0.3, 0.4) is 0 Å². The second-order valence-corrected chi connectivity index (χ2v) is 4.83. The normalized spacial score (nSPS) is 18.3. The zero-order valence-corrected chi connectivity index (χ0v) is 9.75. The first-order valence-corrected chi connectivity index (χ1v) is 5.65. The van der Waals surface area contributed by atoms with Crippen molar-refractivity contribution in [1.29, 1.82) is 0 Å². The Bertz CT molecular complexity index is 623. The molecule has 0 atom stereocenters. The Labute approximate surface area is 101 Å². The summed E-state index contributed by atoms with van der Waals surface area (Å²) in [6, 6.07) is 5.03. The molecule has 0 aliphatic heterocycles. The molecule has 1 heterocycles. The Kier molecular flexibility index (Phi) is 2.09. The maximum Gasteiger partial charge on any atom is 0.435 e. The third kappa shape index (κ3) is 1.52. The highest BCUT2D eigenvalue weighted by atomic mass is 19.4. The van der Waals surface area contributed by atoms with E-state index in [-0.39, 0.29) is 5.39 Å². The second-order valence-electron chi connectivity index (χ2n) is 4.83. The summed E-state index contributed by atoms with van der Waals surface area (Å²) in [5, 5.41) is 3.74. The van der Waals surface area contributed by atoms with Gasteiger partial charge in [0.2, 0.25) is 0 Å². The van der Waals surface area contributed by atoms with E-state index in [1.165, 1.54) is 11.7 Å². The lowest BCUT2D eigenvalue weighted by Crippen LogP contribution is -2.20. The van der Waals surface area contributed by atoms with Crippen molar-refractivity contribution in [2.24, 2.45) is 12.8 Å². The van der Waals surface area contributed by atoms with Crippen molar-refractivity contribution < 1.29 is 13.2 Å². The molecule has 3 rings (SSSR count). The maximum atomic E-state index is 13.0. The van der Waals surface area contributed by atoms with Crippen LogP contribution in [0.2, 0.25) is 0 Å². The molecule has 0 spiro atoms. The largest absolute Gasteiger partial charge is 0.435 e. The Morgan fingerprint density at radius 3 is 2.56 bits per heavy atom. The van der Waals surface area contributed by atoms with Gasteiger partial charge >= 0.3 is 6.18 Å². The molecule has 18 heavy (non-hydrogen) atoms. The zero-order chi connectivity index (χ0) is 13.1. The lowest BCUT2D eigenvalue weighted by atomic mass is 9.99. The van der Waals surface area contributed by atoms with E-state index in [1.807, 2.05) is 0 Å². The molecule has 1 aromatic carbocycles. The van der Waals surface area contributed by atoms with E-state index in [1.54, 1.807) is 18.2 Å². The van der Waals surface area contributed by atoms with Gasteiger partial charge in [0.25, 0.3) is 0 Å². The fourth-order valence-electron chi connectivity index (χ4n) is 2.33. The van der Waals surface area contributed by atoms with Gasteiger partial charge < -0.3 is 5.73 Å². The van der Waals surface area contributed by atoms with Gasteiger partial charge in [0.1, 0.15) is 0 Å². The van der Waals surface area contributed by atoms with Gasteiger partial charge in [-0.2, -0.15) is 18.3 Å². The summed E-state index contributed by atoms with van der Waals surface area (Å²) in [6.07, 6.45) is -3.02. The van der Waals surface area contributed by atoms with Gasteiger partial charge in [-0.1, -0.05) is 12.1 Å². The van der Waals surface area contributed by atoms with Crippen LogP contribution in [0.4, 0.5) is 13.2 Å². The summed E-state index contributed by atoms with van der Waals surface area (Å²) >= 11 is 0. The predicted molar refractivity (Wildman–Crippen MR) is 60.8 cm³/mol. The van der Waals surface area contributed by atoms with E-state index in [9.17, 15) is 13.2 Å². The number of hydrogen-bond acceptors (Lipinski definition) is 2. The van der Waals surface area contributed by atoms with Gasteiger partial charge in [-0.15, -0.1) is 0 Å². The Morgan fingerprint density at radius 1 is 1.33 bits per heavy atom. The molecule has 0 saturated heterocycles. The average molecular weight is 255 g/mol. The molecule has 6 heteroatoms. The van der Waals surface area contributed by atoms with E-state index in [0.717, 1.165) is 12.8 Å². The number of rotatable bonds is 1. The summed E-state index contributed by atoms with van der Waals surface area (Å²) in [7, 11) is 1.51. The zero-order valence-electron chi connectivity index (χ0n) is 9.75. The molecular weight excluding hydrogens is 243 g/mol. The molecular formula is C12H12F3N3. The van der Waals surface area contributed by atoms with Crippen LogP contribution < -0.4 is 5.73 Å². The third-order valence-electron chi connectivity index (χ3n) is 3.47. The molecule has 0 amide bonds. The number of nitrogens with two attached hydrogens (primary N) is 1. The number of alkyl halides is 3. The van der Waals surface area contributed by atoms with E-state index < -0.39 is 17.4 Å². The monoisotopic (exact) mass is 255 g/mol. The number of fused-ring (bicyclic) bond motifs is 1. The highest BCUT2D eigenvalue weighted by Crippen LogP contribution is 2.47. The van der Waals surface area contributed by atoms with Crippen LogP contribution in [0.5, 0.6) is 0 Å². The minimum Gasteiger partial charge on any atom is -0.321 e. The molecule has 0 radical (unpaired) electrons. The highest BCUT2D eigenvalue weighted by Gasteiger charge is 2.45. The summed E-state index contributed by atoms with van der Waals surface area (Å²) < 4.78 is 40.3. The van der Waals surface area contributed by atoms with E-state index in [0.29, 0.717) is 11.1 Å². The molecule has 0 bridgehead atoms. The number of hydrogen-bond donors (Lipinski definition) is 1. The van der Waals surface area contributed by atoms with E-state index in [2.05, 4.69) is 5.10 Å². The van der Waals surface area contributed by atoms with Crippen molar-refractivity contribution in [1.82, 2.24) is 9.78 Å². The van der Waals surface area contributed by atoms with Gasteiger partial charge in [-0.05, 0) is 24.5 Å². The minimum absolute atomic E-state index is 0.146. The first-order valence-electron chi connectivity index (χ1n) is 5.65. The van der Waals surface area contributed by atoms with Crippen LogP contribution in [0, 0.1) is 0 Å². The van der Waals surface area contributed by atoms with Crippen LogP contribution in [0.25, 0.3) is 10.9 Å². The van der Waals surface area contributed by atoms with Crippen LogP contribution in [0.15, 0.2) is 18.2 Å². The van der Waals surface area contributed by atoms with Crippen LogP contribution in [-0.4, -0.2) is 9.78 Å². The minimum atomic E-state index is -4.46. The lowest BCUT2D eigenvalue weighted by molar-refractivity contribution is -0.140. The maximum absolute atomic E-state index is 13.0. The Hall–Kier alpha value is -1.56. The molecule has 1 aliphatic rings. The van der Waals surface area contributed by atoms with Crippen molar-refractivity contribution in [3.63, 3.8) is 0 Å². The quantitative estimate of drug-likeness (QED) is 0.851. The smallest absolute Gasteiger partial charge is 0.321 e. The highest BCUT2D eigenvalue weighted by molar-refractivity contribution is 5.87. The number of aryl methyl sites for hydroxylation is 1. The van der Waals surface area contributed by atoms with Crippen LogP contribution in [0.1, 0.15) is 24.1 Å². The van der Waals surface area contributed by atoms with Gasteiger partial charge in [0.15, 0.2) is 5.69 Å². The Balaban J connectivity index is 2.38. The summed E-state index contributed by atoms with van der Waals surface area (Å²) in [5.74, 6) is 0. The molecule has 0 unspecified atom stereocenters. The SMILES string of the molecule is Cn1nc(C(F)(F)F)c2c(C3(N)CC3)cccc21. The predicted octanol–water partition coefficient (Wildman–Crippen LogP) is 2.54. The van der Waals surface area contributed by atoms with E-state index in [4.69, 9.17) is 5.73 Å². The molecule has 1 aromatic heterocycles. The van der Waals surface area contributed by atoms with E-state index >= 15 is 0 Å². The average Bonchev–Trinajstić information content (AvgIpc) is 2.93. The number of benzene rings is 1. The summed E-state index contributed by atoms with van der Waals surface area (Å²) in [6.45, 7) is 0. The van der Waals surface area contributed by atoms with Crippen LogP contribution in [-0.2, 0) is 18.8 Å². The van der Waals surface area contributed by atoms with Crippen molar-refractivity contribution >= 4 is 10.9 Å². The lowest BCUT2D eigenvalue weighted by Gasteiger charge is -2.12. The second kappa shape index (κ2) is 3.26. The molecule has 2 aromatic rings. The van der Waals surface area contributed by atoms with Crippen molar-refractivity contribution in [3.05, 3.63) is 29.5 Å². The van der Waals surface area contributed by atoms with Crippen LogP contribution >= 0.6 is 0 Å². The molecule has 1 saturated carbocycles. The third-order valence-corrected chi connectivity index (χ3v) is 3.47. The van der Waals surface area contributed by atoms with Crippen molar-refractivity contribution in [2.75, 3.05) is 0 Å². The number of halogens is 3. The molecule has 1 fully saturated rings. The Morgan fingerprint density at radius 2 is 2.00 bits per heavy atom. The number of nitrogens with zero attached hydrogens (tertiary/aromatic N) is 2. The topological polar surface area (TPSA) is 43.8 Å². The molecule has 2 N–H and O–H groups in total. The van der Waals surface area contributed by atoms with Crippen molar-refractivity contribution in [3.8, 4) is 0 Å². The first-order chi connectivity index (χ1) is 8.33. The van der Waals surface area contributed by atoms with Crippen molar-refractivity contribution in [2.45, 2.75) is 24.6 Å². The fraction of sp³-hybridized carbons (Fsp3) is 0.417. The first kappa shape index (κ1) is 11.5. The summed E-state index contributed by atoms with van der Waals surface area (Å²) in [4.78, 5) is 0. The number of aromatic nitrogens is 2.